The van der Waals surface area contributed by atoms with Crippen LogP contribution in [0, 0.1) is 11.8 Å². The van der Waals surface area contributed by atoms with Crippen LogP contribution >= 0.6 is 11.6 Å². The minimum Gasteiger partial charge on any atom is -0.494 e. The van der Waals surface area contributed by atoms with Gasteiger partial charge in [0.05, 0.1) is 19.0 Å². The van der Waals surface area contributed by atoms with E-state index >= 15 is 0 Å². The zero-order chi connectivity index (χ0) is 35.5. The largest absolute Gasteiger partial charge is 0.494 e. The van der Waals surface area contributed by atoms with Crippen molar-refractivity contribution in [3.63, 3.8) is 0 Å². The summed E-state index contributed by atoms with van der Waals surface area (Å²) < 4.78 is 43.9. The molecule has 0 aliphatic heterocycles. The molecule has 3 aromatic rings. The highest BCUT2D eigenvalue weighted by Gasteiger charge is 2.54. The number of carboxylic acids is 1. The monoisotopic (exact) mass is 724 g/mol. The van der Waals surface area contributed by atoms with Crippen LogP contribution in [-0.4, -0.2) is 53.5 Å². The van der Waals surface area contributed by atoms with Crippen molar-refractivity contribution in [2.45, 2.75) is 101 Å². The van der Waals surface area contributed by atoms with Crippen LogP contribution in [0.5, 0.6) is 11.5 Å². The van der Waals surface area contributed by atoms with Gasteiger partial charge in [0.15, 0.2) is 0 Å². The summed E-state index contributed by atoms with van der Waals surface area (Å²) in [4.78, 5) is 17.6. The summed E-state index contributed by atoms with van der Waals surface area (Å²) in [6.07, 6.45) is 10.1. The van der Waals surface area contributed by atoms with E-state index in [0.29, 0.717) is 74.3 Å². The first-order valence-corrected chi connectivity index (χ1v) is 20.0. The number of unbranched alkanes of at least 4 members (excludes halogenated alkanes) is 1. The molecule has 270 valence electrons. The third-order valence-electron chi connectivity index (χ3n) is 11.3. The fraction of sp³-hybridized carbons (Fsp3) is 0.538. The second kappa shape index (κ2) is 15.1. The number of benzene rings is 2. The van der Waals surface area contributed by atoms with Crippen molar-refractivity contribution in [3.05, 3.63) is 82.1 Å². The lowest BCUT2D eigenvalue weighted by atomic mass is 9.59. The molecule has 3 atom stereocenters. The summed E-state index contributed by atoms with van der Waals surface area (Å²) in [6.45, 7) is 5.44. The number of fused-ring (bicyclic) bond motifs is 3. The number of pyridine rings is 1. The summed E-state index contributed by atoms with van der Waals surface area (Å²) in [6, 6.07) is 15.5. The third kappa shape index (κ3) is 8.08. The van der Waals surface area contributed by atoms with E-state index in [2.05, 4.69) is 36.3 Å². The topological polar surface area (TPSA) is 135 Å². The van der Waals surface area contributed by atoms with Crippen LogP contribution in [0.3, 0.4) is 0 Å². The third-order valence-corrected chi connectivity index (χ3v) is 12.4. The molecular weight excluding hydrogens is 676 g/mol. The standard InChI is InChI=1S/C39H49ClN2O7S/c1-26(25-49-35-13-18-41-34-10-5-7-27(2)36(34)35)21-29-22-28-11-12-32(48-19-3-4-20-50(45,46)47)24-33(28)38(29)14-16-39(17-15-38,37(43)44)42-31-9-6-8-30(40)23-31/h6,8-9,11-13,18,23-24,26-27,29,42H,3-5,7,10,14-17,19-22,25H2,1-2H3,(H,43,44)(H,45,46,47)/t26-,27-,29+,38?,39?/m1/s1. The average molecular weight is 725 g/mol. The molecule has 1 saturated carbocycles. The summed E-state index contributed by atoms with van der Waals surface area (Å²) in [5.74, 6) is 1.52. The van der Waals surface area contributed by atoms with E-state index in [4.69, 9.17) is 25.6 Å². The Morgan fingerprint density at radius 2 is 1.90 bits per heavy atom. The van der Waals surface area contributed by atoms with Gasteiger partial charge in [-0.15, -0.1) is 0 Å². The Balaban J connectivity index is 1.21. The van der Waals surface area contributed by atoms with Gasteiger partial charge in [-0.25, -0.2) is 4.79 Å². The van der Waals surface area contributed by atoms with E-state index in [0.717, 1.165) is 49.3 Å². The van der Waals surface area contributed by atoms with Crippen molar-refractivity contribution in [1.82, 2.24) is 4.98 Å². The van der Waals surface area contributed by atoms with Gasteiger partial charge in [0, 0.05) is 28.2 Å². The van der Waals surface area contributed by atoms with Gasteiger partial charge in [0.1, 0.15) is 17.0 Å². The molecule has 6 rings (SSSR count). The number of carboxylic acid groups (broad SMARTS) is 1. The number of anilines is 1. The van der Waals surface area contributed by atoms with Crippen molar-refractivity contribution in [2.24, 2.45) is 11.8 Å². The molecule has 1 spiro atoms. The van der Waals surface area contributed by atoms with Crippen molar-refractivity contribution in [3.8, 4) is 11.5 Å². The van der Waals surface area contributed by atoms with Crippen LogP contribution in [0.2, 0.25) is 5.02 Å². The molecule has 0 saturated heterocycles. The number of nitrogens with one attached hydrogen (secondary N) is 1. The maximum atomic E-state index is 12.9. The molecule has 0 unspecified atom stereocenters. The van der Waals surface area contributed by atoms with Gasteiger partial charge in [-0.3, -0.25) is 9.54 Å². The van der Waals surface area contributed by atoms with Gasteiger partial charge in [-0.05, 0) is 141 Å². The first-order valence-electron chi connectivity index (χ1n) is 18.0. The van der Waals surface area contributed by atoms with Gasteiger partial charge in [-0.2, -0.15) is 8.42 Å². The van der Waals surface area contributed by atoms with Crippen LogP contribution in [0.25, 0.3) is 0 Å². The Hall–Kier alpha value is -3.34. The summed E-state index contributed by atoms with van der Waals surface area (Å²) in [7, 11) is -4.00. The van der Waals surface area contributed by atoms with Crippen molar-refractivity contribution >= 4 is 33.4 Å². The van der Waals surface area contributed by atoms with E-state index in [1.165, 1.54) is 16.7 Å². The molecule has 0 radical (unpaired) electrons. The second-order valence-electron chi connectivity index (χ2n) is 14.9. The number of halogens is 1. The maximum absolute atomic E-state index is 12.9. The molecule has 0 amide bonds. The van der Waals surface area contributed by atoms with E-state index in [9.17, 15) is 18.3 Å². The number of hydrogen-bond acceptors (Lipinski definition) is 7. The van der Waals surface area contributed by atoms with Crippen LogP contribution in [-0.2, 0) is 33.2 Å². The van der Waals surface area contributed by atoms with Crippen LogP contribution in [0.4, 0.5) is 5.69 Å². The summed E-state index contributed by atoms with van der Waals surface area (Å²) in [5, 5.41) is 14.5. The van der Waals surface area contributed by atoms with Crippen molar-refractivity contribution < 1.29 is 32.3 Å². The Bertz CT molecular complexity index is 1790. The highest BCUT2D eigenvalue weighted by molar-refractivity contribution is 7.85. The van der Waals surface area contributed by atoms with Crippen molar-refractivity contribution in [1.29, 1.82) is 0 Å². The maximum Gasteiger partial charge on any atom is 0.329 e. The van der Waals surface area contributed by atoms with Gasteiger partial charge in [0.25, 0.3) is 10.1 Å². The van der Waals surface area contributed by atoms with Gasteiger partial charge in [0.2, 0.25) is 0 Å². The lowest BCUT2D eigenvalue weighted by molar-refractivity contribution is -0.144. The normalized spacial score (nSPS) is 25.0. The molecule has 3 N–H and O–H groups in total. The molecule has 11 heteroatoms. The first kappa shape index (κ1) is 36.5. The molecule has 9 nitrogen and oxygen atoms in total. The smallest absolute Gasteiger partial charge is 0.329 e. The molecule has 1 aromatic heterocycles. The van der Waals surface area contributed by atoms with Gasteiger partial charge < -0.3 is 19.9 Å². The quantitative estimate of drug-likeness (QED) is 0.111. The first-order chi connectivity index (χ1) is 23.9. The predicted molar refractivity (Wildman–Crippen MR) is 195 cm³/mol. The number of aromatic nitrogens is 1. The highest BCUT2D eigenvalue weighted by Crippen LogP contribution is 2.56. The number of ether oxygens (including phenoxy) is 2. The van der Waals surface area contributed by atoms with E-state index in [1.807, 2.05) is 30.5 Å². The second-order valence-corrected chi connectivity index (χ2v) is 16.9. The van der Waals surface area contributed by atoms with Crippen LogP contribution < -0.4 is 14.8 Å². The van der Waals surface area contributed by atoms with Crippen molar-refractivity contribution in [2.75, 3.05) is 24.3 Å². The fourth-order valence-corrected chi connectivity index (χ4v) is 9.50. The van der Waals surface area contributed by atoms with E-state index < -0.39 is 21.6 Å². The number of rotatable bonds is 14. The van der Waals surface area contributed by atoms with Crippen LogP contribution in [0.15, 0.2) is 54.7 Å². The zero-order valence-electron chi connectivity index (χ0n) is 29.0. The Kier molecular flexibility index (Phi) is 11.0. The Labute approximate surface area is 300 Å². The lowest BCUT2D eigenvalue weighted by Crippen LogP contribution is -2.53. The Morgan fingerprint density at radius 3 is 2.64 bits per heavy atom. The number of hydrogen-bond donors (Lipinski definition) is 3. The summed E-state index contributed by atoms with van der Waals surface area (Å²) in [5.41, 5.74) is 4.26. The number of nitrogens with zero attached hydrogens (tertiary/aromatic N) is 1. The number of aliphatic carboxylic acids is 1. The number of carbonyl (C=O) groups is 1. The SMILES string of the molecule is C[C@@H](COc1ccnc2c1[C@H](C)CCC2)C[C@H]1Cc2ccc(OCCCCS(=O)(=O)O)cc2C12CCC(Nc1cccc(Cl)c1)(C(=O)O)CC2. The molecule has 1 heterocycles. The summed E-state index contributed by atoms with van der Waals surface area (Å²) >= 11 is 6.25. The molecular formula is C39H49ClN2O7S. The molecule has 1 fully saturated rings. The van der Waals surface area contributed by atoms with E-state index in [-0.39, 0.29) is 17.1 Å². The molecule has 50 heavy (non-hydrogen) atoms. The minimum atomic E-state index is -4.00. The molecule has 3 aliphatic carbocycles. The number of aryl methyl sites for hydroxylation is 1. The fourth-order valence-electron chi connectivity index (χ4n) is 8.74. The highest BCUT2D eigenvalue weighted by atomic mass is 35.5. The lowest BCUT2D eigenvalue weighted by Gasteiger charge is -2.47. The van der Waals surface area contributed by atoms with E-state index in [1.54, 1.807) is 12.1 Å². The van der Waals surface area contributed by atoms with Crippen LogP contribution in [0.1, 0.15) is 99.9 Å². The van der Waals surface area contributed by atoms with Gasteiger partial charge >= 0.3 is 5.97 Å². The Morgan fingerprint density at radius 1 is 1.10 bits per heavy atom. The zero-order valence-corrected chi connectivity index (χ0v) is 30.6. The minimum absolute atomic E-state index is 0.229. The molecule has 0 bridgehead atoms. The molecule has 3 aliphatic rings. The predicted octanol–water partition coefficient (Wildman–Crippen LogP) is 8.25. The average Bonchev–Trinajstić information content (AvgIpc) is 3.35. The van der Waals surface area contributed by atoms with Gasteiger partial charge in [-0.1, -0.05) is 37.6 Å². The molecule has 2 aromatic carbocycles.